The van der Waals surface area contributed by atoms with Crippen LogP contribution in [-0.4, -0.2) is 11.5 Å². The van der Waals surface area contributed by atoms with Crippen molar-refractivity contribution in [3.8, 4) is 22.8 Å². The lowest BCUT2D eigenvalue weighted by Crippen LogP contribution is -1.99. The van der Waals surface area contributed by atoms with E-state index in [1.165, 1.54) is 27.7 Å². The molecule has 1 unspecified atom stereocenters. The van der Waals surface area contributed by atoms with Gasteiger partial charge in [0.1, 0.15) is 11.5 Å². The van der Waals surface area contributed by atoms with Gasteiger partial charge in [0.15, 0.2) is 0 Å². The highest BCUT2D eigenvalue weighted by molar-refractivity contribution is 5.93. The third kappa shape index (κ3) is 4.67. The van der Waals surface area contributed by atoms with Crippen LogP contribution in [-0.2, 0) is 6.42 Å². The van der Waals surface area contributed by atoms with Crippen LogP contribution < -0.4 is 10.5 Å². The monoisotopic (exact) mass is 412 g/mol. The second-order valence-electron chi connectivity index (χ2n) is 8.25. The van der Waals surface area contributed by atoms with Crippen molar-refractivity contribution in [3.05, 3.63) is 83.9 Å². The normalized spacial score (nSPS) is 12.2. The zero-order valence-electron chi connectivity index (χ0n) is 18.5. The third-order valence-electron chi connectivity index (χ3n) is 6.10. The van der Waals surface area contributed by atoms with E-state index in [1.54, 1.807) is 0 Å². The number of para-hydroxylation sites is 2. The first-order chi connectivity index (χ1) is 15.2. The molecule has 0 aliphatic rings. The third-order valence-corrected chi connectivity index (χ3v) is 6.10. The molecule has 0 spiro atoms. The number of aryl methyl sites for hydroxylation is 1. The standard InChI is InChI=1S/C28H32N2O/c1-3-20(2)24-16-10-17-26-25(15-7-8-18-29)27(30-28(24)26)21-11-9-14-23(19-21)31-22-12-5-4-6-13-22/h4-6,9-14,16-17,19-20,30H,3,7-8,15,18,29H2,1-2H3. The Bertz CT molecular complexity index is 1130. The zero-order valence-corrected chi connectivity index (χ0v) is 18.5. The van der Waals surface area contributed by atoms with Gasteiger partial charge in [-0.25, -0.2) is 0 Å². The molecular formula is C28H32N2O. The van der Waals surface area contributed by atoms with Crippen LogP contribution in [0.5, 0.6) is 11.5 Å². The molecule has 1 aromatic heterocycles. The molecule has 0 fully saturated rings. The van der Waals surface area contributed by atoms with Crippen LogP contribution in [0.3, 0.4) is 0 Å². The molecule has 0 amide bonds. The number of unbranched alkanes of at least 4 members (excludes halogenated alkanes) is 1. The van der Waals surface area contributed by atoms with Gasteiger partial charge in [0.25, 0.3) is 0 Å². The zero-order chi connectivity index (χ0) is 21.6. The van der Waals surface area contributed by atoms with E-state index in [9.17, 15) is 0 Å². The number of ether oxygens (including phenoxy) is 1. The summed E-state index contributed by atoms with van der Waals surface area (Å²) in [6.45, 7) is 5.29. The number of fused-ring (bicyclic) bond motifs is 1. The highest BCUT2D eigenvalue weighted by Crippen LogP contribution is 2.37. The van der Waals surface area contributed by atoms with Gasteiger partial charge in [-0.05, 0) is 73.5 Å². The van der Waals surface area contributed by atoms with Crippen LogP contribution in [0.1, 0.15) is 50.2 Å². The lowest BCUT2D eigenvalue weighted by atomic mass is 9.94. The van der Waals surface area contributed by atoms with Gasteiger partial charge in [-0.2, -0.15) is 0 Å². The second kappa shape index (κ2) is 9.84. The van der Waals surface area contributed by atoms with Gasteiger partial charge in [0.2, 0.25) is 0 Å². The van der Waals surface area contributed by atoms with E-state index in [-0.39, 0.29) is 0 Å². The molecule has 0 aliphatic carbocycles. The van der Waals surface area contributed by atoms with Crippen molar-refractivity contribution in [2.24, 2.45) is 5.73 Å². The Labute approximate surface area is 185 Å². The fourth-order valence-electron chi connectivity index (χ4n) is 4.22. The van der Waals surface area contributed by atoms with Gasteiger partial charge < -0.3 is 15.5 Å². The molecule has 3 nitrogen and oxygen atoms in total. The average Bonchev–Trinajstić information content (AvgIpc) is 3.18. The van der Waals surface area contributed by atoms with Crippen LogP contribution >= 0.6 is 0 Å². The summed E-state index contributed by atoms with van der Waals surface area (Å²) in [5.74, 6) is 2.20. The Balaban J connectivity index is 1.78. The Morgan fingerprint density at radius 1 is 0.903 bits per heavy atom. The highest BCUT2D eigenvalue weighted by Gasteiger charge is 2.17. The first kappa shape index (κ1) is 21.2. The van der Waals surface area contributed by atoms with E-state index in [1.807, 2.05) is 36.4 Å². The Morgan fingerprint density at radius 2 is 1.68 bits per heavy atom. The summed E-state index contributed by atoms with van der Waals surface area (Å²) in [6, 6.07) is 25.0. The van der Waals surface area contributed by atoms with Crippen LogP contribution in [0.4, 0.5) is 0 Å². The molecule has 160 valence electrons. The number of hydrogen-bond acceptors (Lipinski definition) is 2. The molecule has 3 N–H and O–H groups in total. The van der Waals surface area contributed by atoms with Crippen molar-refractivity contribution >= 4 is 10.9 Å². The number of nitrogens with two attached hydrogens (primary N) is 1. The molecule has 3 heteroatoms. The van der Waals surface area contributed by atoms with Gasteiger partial charge >= 0.3 is 0 Å². The first-order valence-corrected chi connectivity index (χ1v) is 11.4. The fourth-order valence-corrected chi connectivity index (χ4v) is 4.22. The van der Waals surface area contributed by atoms with Crippen LogP contribution in [0.25, 0.3) is 22.2 Å². The molecule has 1 atom stereocenters. The molecule has 4 rings (SSSR count). The van der Waals surface area contributed by atoms with E-state index < -0.39 is 0 Å². The molecular weight excluding hydrogens is 380 g/mol. The van der Waals surface area contributed by atoms with Gasteiger partial charge in [-0.1, -0.05) is 62.4 Å². The number of aromatic nitrogens is 1. The Kier molecular flexibility index (Phi) is 6.73. The average molecular weight is 413 g/mol. The van der Waals surface area contributed by atoms with Crippen molar-refractivity contribution in [1.82, 2.24) is 4.98 Å². The fraction of sp³-hybridized carbons (Fsp3) is 0.286. The van der Waals surface area contributed by atoms with E-state index in [0.29, 0.717) is 5.92 Å². The summed E-state index contributed by atoms with van der Waals surface area (Å²) in [4.78, 5) is 3.80. The largest absolute Gasteiger partial charge is 0.457 e. The maximum atomic E-state index is 6.10. The molecule has 0 saturated heterocycles. The second-order valence-corrected chi connectivity index (χ2v) is 8.25. The smallest absolute Gasteiger partial charge is 0.128 e. The van der Waals surface area contributed by atoms with E-state index >= 15 is 0 Å². The number of rotatable bonds is 9. The van der Waals surface area contributed by atoms with Gasteiger partial charge in [-0.15, -0.1) is 0 Å². The van der Waals surface area contributed by atoms with Crippen molar-refractivity contribution in [2.45, 2.75) is 45.4 Å². The van der Waals surface area contributed by atoms with Crippen molar-refractivity contribution in [3.63, 3.8) is 0 Å². The van der Waals surface area contributed by atoms with Crippen LogP contribution in [0.2, 0.25) is 0 Å². The highest BCUT2D eigenvalue weighted by atomic mass is 16.5. The molecule has 4 aromatic rings. The number of nitrogens with one attached hydrogen (secondary N) is 1. The minimum Gasteiger partial charge on any atom is -0.457 e. The number of H-pyrrole nitrogens is 1. The van der Waals surface area contributed by atoms with E-state index in [2.05, 4.69) is 55.2 Å². The minimum atomic E-state index is 0.514. The molecule has 31 heavy (non-hydrogen) atoms. The molecule has 1 heterocycles. The first-order valence-electron chi connectivity index (χ1n) is 11.4. The molecule has 3 aromatic carbocycles. The number of hydrogen-bond donors (Lipinski definition) is 2. The lowest BCUT2D eigenvalue weighted by molar-refractivity contribution is 0.483. The maximum absolute atomic E-state index is 6.10. The summed E-state index contributed by atoms with van der Waals surface area (Å²) in [5, 5.41) is 1.33. The Morgan fingerprint density at radius 3 is 2.45 bits per heavy atom. The lowest BCUT2D eigenvalue weighted by Gasteiger charge is -2.10. The predicted octanol–water partition coefficient (Wildman–Crippen LogP) is 7.42. The van der Waals surface area contributed by atoms with Gasteiger partial charge in [-0.3, -0.25) is 0 Å². The van der Waals surface area contributed by atoms with Gasteiger partial charge in [0.05, 0.1) is 0 Å². The molecule has 0 aliphatic heterocycles. The topological polar surface area (TPSA) is 51.0 Å². The summed E-state index contributed by atoms with van der Waals surface area (Å²) < 4.78 is 6.10. The predicted molar refractivity (Wildman–Crippen MR) is 131 cm³/mol. The summed E-state index contributed by atoms with van der Waals surface area (Å²) >= 11 is 0. The van der Waals surface area contributed by atoms with E-state index in [4.69, 9.17) is 10.5 Å². The van der Waals surface area contributed by atoms with Crippen molar-refractivity contribution < 1.29 is 4.74 Å². The van der Waals surface area contributed by atoms with Crippen LogP contribution in [0, 0.1) is 0 Å². The summed E-state index contributed by atoms with van der Waals surface area (Å²) in [7, 11) is 0. The molecule has 0 saturated carbocycles. The maximum Gasteiger partial charge on any atom is 0.128 e. The van der Waals surface area contributed by atoms with Crippen molar-refractivity contribution in [2.75, 3.05) is 6.54 Å². The summed E-state index contributed by atoms with van der Waals surface area (Å²) in [6.07, 6.45) is 4.26. The molecule has 0 bridgehead atoms. The minimum absolute atomic E-state index is 0.514. The van der Waals surface area contributed by atoms with Crippen molar-refractivity contribution in [1.29, 1.82) is 0 Å². The number of benzene rings is 3. The van der Waals surface area contributed by atoms with E-state index in [0.717, 1.165) is 49.3 Å². The summed E-state index contributed by atoms with van der Waals surface area (Å²) in [5.41, 5.74) is 12.2. The van der Waals surface area contributed by atoms with Gasteiger partial charge in [0, 0.05) is 22.2 Å². The number of aromatic amines is 1. The van der Waals surface area contributed by atoms with Crippen LogP contribution in [0.15, 0.2) is 72.8 Å². The quantitative estimate of drug-likeness (QED) is 0.281. The SMILES string of the molecule is CCC(C)c1cccc2c(CCCCN)c(-c3cccc(Oc4ccccc4)c3)[nH]c12. The molecule has 0 radical (unpaired) electrons. The Hall–Kier alpha value is -3.04.